The van der Waals surface area contributed by atoms with Gasteiger partial charge in [-0.1, -0.05) is 6.92 Å². The Balaban J connectivity index is 3.01. The van der Waals surface area contributed by atoms with Crippen molar-refractivity contribution in [3.05, 3.63) is 28.0 Å². The Morgan fingerprint density at radius 2 is 2.33 bits per heavy atom. The van der Waals surface area contributed by atoms with Gasteiger partial charge < -0.3 is 5.73 Å². The molecule has 0 saturated heterocycles. The summed E-state index contributed by atoms with van der Waals surface area (Å²) in [5, 5.41) is 0. The van der Waals surface area contributed by atoms with E-state index in [2.05, 4.69) is 34.8 Å². The van der Waals surface area contributed by atoms with Gasteiger partial charge in [0, 0.05) is 12.2 Å². The summed E-state index contributed by atoms with van der Waals surface area (Å²) >= 11 is 3.32. The first-order valence-electron chi connectivity index (χ1n) is 4.02. The van der Waals surface area contributed by atoms with Gasteiger partial charge in [0.1, 0.15) is 4.60 Å². The molecule has 1 atom stereocenters. The van der Waals surface area contributed by atoms with E-state index in [-0.39, 0.29) is 6.04 Å². The van der Waals surface area contributed by atoms with Gasteiger partial charge in [0.05, 0.1) is 0 Å². The highest BCUT2D eigenvalue weighted by Gasteiger charge is 2.06. The normalized spacial score (nSPS) is 13.0. The fourth-order valence-electron chi connectivity index (χ4n) is 1.14. The molecule has 0 unspecified atom stereocenters. The molecule has 2 N–H and O–H groups in total. The van der Waals surface area contributed by atoms with Crippen molar-refractivity contribution >= 4 is 15.9 Å². The second kappa shape index (κ2) is 4.01. The van der Waals surface area contributed by atoms with Gasteiger partial charge in [-0.15, -0.1) is 0 Å². The Bertz CT molecular complexity index is 273. The largest absolute Gasteiger partial charge is 0.324 e. The molecular weight excluding hydrogens is 216 g/mol. The Labute approximate surface area is 81.3 Å². The smallest absolute Gasteiger partial charge is 0.106 e. The van der Waals surface area contributed by atoms with Gasteiger partial charge >= 0.3 is 0 Å². The SMILES string of the molecule is CC[C@H](N)c1cnc(Br)cc1C. The standard InChI is InChI=1S/C9H13BrN2/c1-3-8(11)7-5-12-9(10)4-6(7)2/h4-5,8H,3,11H2,1-2H3/t8-/m0/s1. The third-order valence-electron chi connectivity index (χ3n) is 1.96. The number of nitrogens with zero attached hydrogens (tertiary/aromatic N) is 1. The summed E-state index contributed by atoms with van der Waals surface area (Å²) in [6, 6.07) is 2.11. The summed E-state index contributed by atoms with van der Waals surface area (Å²) in [6.45, 7) is 4.13. The fraction of sp³-hybridized carbons (Fsp3) is 0.444. The molecule has 1 aromatic rings. The highest BCUT2D eigenvalue weighted by Crippen LogP contribution is 2.19. The van der Waals surface area contributed by atoms with Crippen molar-refractivity contribution in [1.82, 2.24) is 4.98 Å². The van der Waals surface area contributed by atoms with E-state index in [4.69, 9.17) is 5.73 Å². The first kappa shape index (κ1) is 9.68. The van der Waals surface area contributed by atoms with E-state index in [0.717, 1.165) is 16.6 Å². The number of hydrogen-bond acceptors (Lipinski definition) is 2. The van der Waals surface area contributed by atoms with Crippen molar-refractivity contribution in [2.75, 3.05) is 0 Å². The van der Waals surface area contributed by atoms with Crippen LogP contribution in [0.5, 0.6) is 0 Å². The molecule has 1 heterocycles. The van der Waals surface area contributed by atoms with Gasteiger partial charge in [-0.05, 0) is 46.5 Å². The van der Waals surface area contributed by atoms with Crippen LogP contribution < -0.4 is 5.73 Å². The maximum absolute atomic E-state index is 5.89. The third kappa shape index (κ3) is 2.05. The molecular formula is C9H13BrN2. The molecule has 3 heteroatoms. The lowest BCUT2D eigenvalue weighted by molar-refractivity contribution is 0.689. The summed E-state index contributed by atoms with van der Waals surface area (Å²) in [4.78, 5) is 4.15. The average molecular weight is 229 g/mol. The lowest BCUT2D eigenvalue weighted by Crippen LogP contribution is -2.10. The van der Waals surface area contributed by atoms with E-state index in [0.29, 0.717) is 0 Å². The first-order chi connectivity index (χ1) is 5.65. The topological polar surface area (TPSA) is 38.9 Å². The minimum absolute atomic E-state index is 0.116. The molecule has 0 fully saturated rings. The molecule has 0 aromatic carbocycles. The number of pyridine rings is 1. The van der Waals surface area contributed by atoms with Crippen LogP contribution in [0, 0.1) is 6.92 Å². The fourth-order valence-corrected chi connectivity index (χ4v) is 1.59. The molecule has 0 aliphatic heterocycles. The van der Waals surface area contributed by atoms with Crippen LogP contribution in [0.25, 0.3) is 0 Å². The van der Waals surface area contributed by atoms with Gasteiger partial charge in [-0.2, -0.15) is 0 Å². The number of aryl methyl sites for hydroxylation is 1. The molecule has 1 rings (SSSR count). The second-order valence-corrected chi connectivity index (χ2v) is 3.69. The lowest BCUT2D eigenvalue weighted by atomic mass is 10.0. The summed E-state index contributed by atoms with van der Waals surface area (Å²) in [5.41, 5.74) is 8.23. The lowest BCUT2D eigenvalue weighted by Gasteiger charge is -2.11. The van der Waals surface area contributed by atoms with Crippen LogP contribution in [0.3, 0.4) is 0 Å². The van der Waals surface area contributed by atoms with Crippen LogP contribution in [-0.4, -0.2) is 4.98 Å². The molecule has 12 heavy (non-hydrogen) atoms. The molecule has 66 valence electrons. The summed E-state index contributed by atoms with van der Waals surface area (Å²) < 4.78 is 0.868. The number of rotatable bonds is 2. The van der Waals surface area contributed by atoms with E-state index >= 15 is 0 Å². The van der Waals surface area contributed by atoms with Crippen LogP contribution in [0.15, 0.2) is 16.9 Å². The van der Waals surface area contributed by atoms with E-state index < -0.39 is 0 Å². The molecule has 0 amide bonds. The van der Waals surface area contributed by atoms with Gasteiger partial charge in [-0.3, -0.25) is 0 Å². The van der Waals surface area contributed by atoms with E-state index in [9.17, 15) is 0 Å². The highest BCUT2D eigenvalue weighted by molar-refractivity contribution is 9.10. The zero-order valence-corrected chi connectivity index (χ0v) is 8.93. The minimum atomic E-state index is 0.116. The predicted molar refractivity (Wildman–Crippen MR) is 53.9 cm³/mol. The Hall–Kier alpha value is -0.410. The maximum atomic E-state index is 5.89. The van der Waals surface area contributed by atoms with Crippen molar-refractivity contribution in [2.24, 2.45) is 5.73 Å². The summed E-state index contributed by atoms with van der Waals surface area (Å²) in [7, 11) is 0. The maximum Gasteiger partial charge on any atom is 0.106 e. The molecule has 0 radical (unpaired) electrons. The van der Waals surface area contributed by atoms with E-state index in [1.165, 1.54) is 5.56 Å². The molecule has 2 nitrogen and oxygen atoms in total. The Kier molecular flexibility index (Phi) is 3.23. The van der Waals surface area contributed by atoms with Gasteiger partial charge in [0.15, 0.2) is 0 Å². The summed E-state index contributed by atoms with van der Waals surface area (Å²) in [5.74, 6) is 0. The van der Waals surface area contributed by atoms with Gasteiger partial charge in [0.25, 0.3) is 0 Å². The van der Waals surface area contributed by atoms with E-state index in [1.54, 1.807) is 0 Å². The number of nitrogens with two attached hydrogens (primary N) is 1. The minimum Gasteiger partial charge on any atom is -0.324 e. The van der Waals surface area contributed by atoms with Crippen LogP contribution in [0.1, 0.15) is 30.5 Å². The number of halogens is 1. The third-order valence-corrected chi connectivity index (χ3v) is 2.39. The molecule has 0 aliphatic rings. The second-order valence-electron chi connectivity index (χ2n) is 2.88. The quantitative estimate of drug-likeness (QED) is 0.791. The van der Waals surface area contributed by atoms with Crippen molar-refractivity contribution in [3.63, 3.8) is 0 Å². The number of aromatic nitrogens is 1. The van der Waals surface area contributed by atoms with Crippen LogP contribution in [0.2, 0.25) is 0 Å². The van der Waals surface area contributed by atoms with Gasteiger partial charge in [0.2, 0.25) is 0 Å². The zero-order chi connectivity index (χ0) is 9.14. The van der Waals surface area contributed by atoms with Crippen molar-refractivity contribution in [1.29, 1.82) is 0 Å². The van der Waals surface area contributed by atoms with Crippen LogP contribution in [0.4, 0.5) is 0 Å². The molecule has 1 aromatic heterocycles. The van der Waals surface area contributed by atoms with Crippen molar-refractivity contribution in [3.8, 4) is 0 Å². The Morgan fingerprint density at radius 1 is 1.67 bits per heavy atom. The van der Waals surface area contributed by atoms with Crippen LogP contribution >= 0.6 is 15.9 Å². The van der Waals surface area contributed by atoms with E-state index in [1.807, 2.05) is 12.3 Å². The monoisotopic (exact) mass is 228 g/mol. The van der Waals surface area contributed by atoms with Crippen LogP contribution in [-0.2, 0) is 0 Å². The average Bonchev–Trinajstić information content (AvgIpc) is 2.03. The predicted octanol–water partition coefficient (Wildman–Crippen LogP) is 2.56. The summed E-state index contributed by atoms with van der Waals surface area (Å²) in [6.07, 6.45) is 2.79. The molecule has 0 spiro atoms. The zero-order valence-electron chi connectivity index (χ0n) is 7.34. The first-order valence-corrected chi connectivity index (χ1v) is 4.82. The van der Waals surface area contributed by atoms with Crippen molar-refractivity contribution < 1.29 is 0 Å². The Morgan fingerprint density at radius 3 is 2.83 bits per heavy atom. The highest BCUT2D eigenvalue weighted by atomic mass is 79.9. The van der Waals surface area contributed by atoms with Crippen molar-refractivity contribution in [2.45, 2.75) is 26.3 Å². The molecule has 0 saturated carbocycles. The van der Waals surface area contributed by atoms with Gasteiger partial charge in [-0.25, -0.2) is 4.98 Å². The molecule has 0 bridgehead atoms. The number of hydrogen-bond donors (Lipinski definition) is 1. The molecule has 0 aliphatic carbocycles.